The number of carbonyl (C=O) groups excluding carboxylic acids is 2. The first-order valence-corrected chi connectivity index (χ1v) is 8.65. The quantitative estimate of drug-likeness (QED) is 0.708. The van der Waals surface area contributed by atoms with Crippen LogP contribution in [0.25, 0.3) is 0 Å². The van der Waals surface area contributed by atoms with Crippen LogP contribution in [0.5, 0.6) is 0 Å². The molecule has 1 fully saturated rings. The molecule has 1 unspecified atom stereocenters. The summed E-state index contributed by atoms with van der Waals surface area (Å²) in [5.41, 5.74) is -1.84. The van der Waals surface area contributed by atoms with Crippen molar-refractivity contribution in [2.75, 3.05) is 13.1 Å². The van der Waals surface area contributed by atoms with E-state index in [1.165, 1.54) is 23.1 Å². The Morgan fingerprint density at radius 3 is 2.46 bits per heavy atom. The van der Waals surface area contributed by atoms with Crippen molar-refractivity contribution in [1.29, 1.82) is 0 Å². The van der Waals surface area contributed by atoms with Gasteiger partial charge in [-0.3, -0.25) is 4.79 Å². The summed E-state index contributed by atoms with van der Waals surface area (Å²) >= 11 is 0. The van der Waals surface area contributed by atoms with Crippen LogP contribution in [-0.4, -0.2) is 35.5 Å². The second-order valence-corrected chi connectivity index (χ2v) is 7.61. The van der Waals surface area contributed by atoms with Crippen LogP contribution >= 0.6 is 0 Å². The van der Waals surface area contributed by atoms with Gasteiger partial charge in [0, 0.05) is 25.1 Å². The molecule has 1 amide bonds. The van der Waals surface area contributed by atoms with Crippen LogP contribution in [0.4, 0.5) is 18.0 Å². The summed E-state index contributed by atoms with van der Waals surface area (Å²) in [7, 11) is 0. The van der Waals surface area contributed by atoms with Gasteiger partial charge < -0.3 is 9.64 Å². The lowest BCUT2D eigenvalue weighted by Crippen LogP contribution is -2.43. The number of benzene rings is 1. The van der Waals surface area contributed by atoms with Crippen LogP contribution in [-0.2, 0) is 10.9 Å². The second-order valence-electron chi connectivity index (χ2n) is 7.61. The molecular weight excluding hydrogens is 347 g/mol. The molecule has 1 saturated heterocycles. The molecule has 1 aliphatic rings. The van der Waals surface area contributed by atoms with Gasteiger partial charge >= 0.3 is 12.3 Å². The second kappa shape index (κ2) is 7.68. The zero-order valence-corrected chi connectivity index (χ0v) is 15.2. The highest BCUT2D eigenvalue weighted by Gasteiger charge is 2.36. The Hall–Kier alpha value is -2.05. The molecule has 1 heterocycles. The standard InChI is InChI=1S/C19H24F3NO3/c1-18(2,3)26-17(25)23-10-6-7-13(12-23)11-16(24)14-8-4-5-9-15(14)19(20,21)22/h4-5,8-9,13H,6-7,10-12H2,1-3H3. The molecule has 0 bridgehead atoms. The average molecular weight is 371 g/mol. The smallest absolute Gasteiger partial charge is 0.417 e. The van der Waals surface area contributed by atoms with Gasteiger partial charge in [0.2, 0.25) is 0 Å². The number of rotatable bonds is 3. The fourth-order valence-electron chi connectivity index (χ4n) is 3.07. The van der Waals surface area contributed by atoms with Crippen LogP contribution in [0.2, 0.25) is 0 Å². The number of hydrogen-bond donors (Lipinski definition) is 0. The minimum Gasteiger partial charge on any atom is -0.444 e. The number of amides is 1. The van der Waals surface area contributed by atoms with Crippen LogP contribution in [0.1, 0.15) is 56.0 Å². The lowest BCUT2D eigenvalue weighted by molar-refractivity contribution is -0.137. The summed E-state index contributed by atoms with van der Waals surface area (Å²) in [5.74, 6) is -0.723. The summed E-state index contributed by atoms with van der Waals surface area (Å²) in [4.78, 5) is 26.2. The molecular formula is C19H24F3NO3. The van der Waals surface area contributed by atoms with Gasteiger partial charge in [0.15, 0.2) is 5.78 Å². The minimum atomic E-state index is -4.57. The third-order valence-corrected chi connectivity index (χ3v) is 4.18. The number of Topliss-reactive ketones (excluding diaryl/α,β-unsaturated/α-hetero) is 1. The molecule has 144 valence electrons. The van der Waals surface area contributed by atoms with Gasteiger partial charge in [-0.15, -0.1) is 0 Å². The molecule has 0 aliphatic carbocycles. The van der Waals surface area contributed by atoms with Crippen molar-refractivity contribution in [1.82, 2.24) is 4.90 Å². The van der Waals surface area contributed by atoms with E-state index in [1.807, 2.05) is 0 Å². The predicted molar refractivity (Wildman–Crippen MR) is 90.9 cm³/mol. The largest absolute Gasteiger partial charge is 0.444 e. The Balaban J connectivity index is 2.05. The van der Waals surface area contributed by atoms with Gasteiger partial charge in [-0.05, 0) is 45.6 Å². The number of ether oxygens (including phenoxy) is 1. The maximum atomic E-state index is 13.1. The molecule has 0 N–H and O–H groups in total. The van der Waals surface area contributed by atoms with Gasteiger partial charge in [0.05, 0.1) is 5.56 Å². The van der Waals surface area contributed by atoms with Crippen molar-refractivity contribution >= 4 is 11.9 Å². The van der Waals surface area contributed by atoms with Crippen LogP contribution in [0, 0.1) is 5.92 Å². The highest BCUT2D eigenvalue weighted by atomic mass is 19.4. The molecule has 4 nitrogen and oxygen atoms in total. The monoisotopic (exact) mass is 371 g/mol. The number of piperidine rings is 1. The third-order valence-electron chi connectivity index (χ3n) is 4.18. The van der Waals surface area contributed by atoms with Gasteiger partial charge in [0.25, 0.3) is 0 Å². The lowest BCUT2D eigenvalue weighted by atomic mass is 9.89. The van der Waals surface area contributed by atoms with Gasteiger partial charge in [-0.2, -0.15) is 13.2 Å². The first-order chi connectivity index (χ1) is 12.0. The van der Waals surface area contributed by atoms with Crippen LogP contribution in [0.3, 0.4) is 0 Å². The van der Waals surface area contributed by atoms with E-state index in [-0.39, 0.29) is 17.9 Å². The molecule has 2 rings (SSSR count). The number of alkyl halides is 3. The summed E-state index contributed by atoms with van der Waals surface area (Å²) in [6.07, 6.45) is -3.66. The molecule has 0 radical (unpaired) electrons. The normalized spacial score (nSPS) is 18.5. The van der Waals surface area contributed by atoms with Crippen molar-refractivity contribution in [3.8, 4) is 0 Å². The van der Waals surface area contributed by atoms with E-state index < -0.39 is 29.2 Å². The molecule has 1 aromatic rings. The summed E-state index contributed by atoms with van der Waals surface area (Å²) in [6.45, 7) is 6.14. The number of nitrogens with zero attached hydrogens (tertiary/aromatic N) is 1. The zero-order valence-electron chi connectivity index (χ0n) is 15.2. The topological polar surface area (TPSA) is 46.6 Å². The molecule has 0 aromatic heterocycles. The molecule has 1 aromatic carbocycles. The zero-order chi connectivity index (χ0) is 19.5. The number of hydrogen-bond acceptors (Lipinski definition) is 3. The molecule has 7 heteroatoms. The molecule has 1 atom stereocenters. The van der Waals surface area contributed by atoms with E-state index in [1.54, 1.807) is 20.8 Å². The van der Waals surface area contributed by atoms with E-state index in [4.69, 9.17) is 4.74 Å². The highest BCUT2D eigenvalue weighted by Crippen LogP contribution is 2.33. The van der Waals surface area contributed by atoms with Crippen molar-refractivity contribution in [3.05, 3.63) is 35.4 Å². The van der Waals surface area contributed by atoms with Gasteiger partial charge in [-0.25, -0.2) is 4.79 Å². The minimum absolute atomic E-state index is 0.0214. The van der Waals surface area contributed by atoms with Crippen molar-refractivity contribution in [3.63, 3.8) is 0 Å². The van der Waals surface area contributed by atoms with E-state index in [0.717, 1.165) is 6.07 Å². The molecule has 0 spiro atoms. The number of carbonyl (C=O) groups is 2. The van der Waals surface area contributed by atoms with Crippen molar-refractivity contribution in [2.45, 2.75) is 51.8 Å². The Morgan fingerprint density at radius 2 is 1.85 bits per heavy atom. The highest BCUT2D eigenvalue weighted by molar-refractivity contribution is 5.97. The number of ketones is 1. The van der Waals surface area contributed by atoms with E-state index in [2.05, 4.69) is 0 Å². The Labute approximate surface area is 151 Å². The summed E-state index contributed by atoms with van der Waals surface area (Å²) < 4.78 is 44.6. The average Bonchev–Trinajstić information content (AvgIpc) is 2.52. The van der Waals surface area contributed by atoms with E-state index in [9.17, 15) is 22.8 Å². The number of halogens is 3. The van der Waals surface area contributed by atoms with Crippen molar-refractivity contribution < 1.29 is 27.5 Å². The van der Waals surface area contributed by atoms with Gasteiger partial charge in [-0.1, -0.05) is 18.2 Å². The molecule has 0 saturated carbocycles. The summed E-state index contributed by atoms with van der Waals surface area (Å²) in [6, 6.07) is 4.82. The Kier molecular flexibility index (Phi) is 5.98. The maximum absolute atomic E-state index is 13.1. The van der Waals surface area contributed by atoms with Crippen molar-refractivity contribution in [2.24, 2.45) is 5.92 Å². The fourth-order valence-corrected chi connectivity index (χ4v) is 3.07. The maximum Gasteiger partial charge on any atom is 0.417 e. The van der Waals surface area contributed by atoms with Gasteiger partial charge in [0.1, 0.15) is 5.60 Å². The predicted octanol–water partition coefficient (Wildman–Crippen LogP) is 4.93. The SMILES string of the molecule is CC(C)(C)OC(=O)N1CCCC(CC(=O)c2ccccc2C(F)(F)F)C1. The van der Waals surface area contributed by atoms with Crippen LogP contribution in [0.15, 0.2) is 24.3 Å². The lowest BCUT2D eigenvalue weighted by Gasteiger charge is -2.34. The first kappa shape index (κ1) is 20.3. The Morgan fingerprint density at radius 1 is 1.19 bits per heavy atom. The third kappa shape index (κ3) is 5.47. The first-order valence-electron chi connectivity index (χ1n) is 8.65. The van der Waals surface area contributed by atoms with E-state index in [0.29, 0.717) is 25.9 Å². The Bertz CT molecular complexity index is 665. The van der Waals surface area contributed by atoms with E-state index >= 15 is 0 Å². The molecule has 26 heavy (non-hydrogen) atoms. The molecule has 1 aliphatic heterocycles. The fraction of sp³-hybridized carbons (Fsp3) is 0.579. The van der Waals surface area contributed by atoms with Crippen LogP contribution < -0.4 is 0 Å². The number of likely N-dealkylation sites (tertiary alicyclic amines) is 1. The summed E-state index contributed by atoms with van der Waals surface area (Å²) in [5, 5.41) is 0.